The lowest BCUT2D eigenvalue weighted by molar-refractivity contribution is -0.131. The second-order valence-corrected chi connectivity index (χ2v) is 8.26. The third-order valence-corrected chi connectivity index (χ3v) is 6.44. The number of hydrogen-bond donors (Lipinski definition) is 1. The molecule has 0 aromatic carbocycles. The number of amides is 1. The van der Waals surface area contributed by atoms with E-state index >= 15 is 0 Å². The summed E-state index contributed by atoms with van der Waals surface area (Å²) in [6, 6.07) is 4.46. The fourth-order valence-electron chi connectivity index (χ4n) is 3.46. The van der Waals surface area contributed by atoms with E-state index in [2.05, 4.69) is 34.4 Å². The summed E-state index contributed by atoms with van der Waals surface area (Å²) in [7, 11) is 0. The molecule has 25 heavy (non-hydrogen) atoms. The van der Waals surface area contributed by atoms with Gasteiger partial charge in [-0.3, -0.25) is 9.59 Å². The SMILES string of the molecule is CSc1nc(C)c(CCC(=O)N2CC(c3cccs3)CC2C)c(=O)[nH]1. The summed E-state index contributed by atoms with van der Waals surface area (Å²) < 4.78 is 0. The van der Waals surface area contributed by atoms with Crippen molar-refractivity contribution in [1.82, 2.24) is 14.9 Å². The molecule has 5 nitrogen and oxygen atoms in total. The van der Waals surface area contributed by atoms with Crippen molar-refractivity contribution < 1.29 is 4.79 Å². The molecule has 0 saturated carbocycles. The highest BCUT2D eigenvalue weighted by molar-refractivity contribution is 7.98. The van der Waals surface area contributed by atoms with E-state index in [0.717, 1.165) is 13.0 Å². The monoisotopic (exact) mass is 377 g/mol. The molecular formula is C18H23N3O2S2. The van der Waals surface area contributed by atoms with Crippen molar-refractivity contribution in [3.63, 3.8) is 0 Å². The molecule has 3 heterocycles. The Morgan fingerprint density at radius 1 is 1.52 bits per heavy atom. The van der Waals surface area contributed by atoms with Crippen LogP contribution in [-0.4, -0.2) is 39.6 Å². The smallest absolute Gasteiger partial charge is 0.254 e. The molecule has 0 radical (unpaired) electrons. The predicted octanol–water partition coefficient (Wildman–Crippen LogP) is 3.20. The zero-order chi connectivity index (χ0) is 18.0. The molecule has 2 unspecified atom stereocenters. The van der Waals surface area contributed by atoms with Gasteiger partial charge in [-0.2, -0.15) is 0 Å². The number of aromatic nitrogens is 2. The Kier molecular flexibility index (Phi) is 5.64. The van der Waals surface area contributed by atoms with E-state index in [4.69, 9.17) is 0 Å². The highest BCUT2D eigenvalue weighted by atomic mass is 32.2. The van der Waals surface area contributed by atoms with Crippen LogP contribution in [0.15, 0.2) is 27.5 Å². The quantitative estimate of drug-likeness (QED) is 0.642. The summed E-state index contributed by atoms with van der Waals surface area (Å²) in [5, 5.41) is 2.70. The molecule has 2 aromatic heterocycles. The van der Waals surface area contributed by atoms with E-state index in [1.54, 1.807) is 11.3 Å². The minimum atomic E-state index is -0.129. The maximum absolute atomic E-state index is 12.7. The van der Waals surface area contributed by atoms with Crippen molar-refractivity contribution in [3.05, 3.63) is 44.0 Å². The zero-order valence-electron chi connectivity index (χ0n) is 14.7. The molecule has 2 atom stereocenters. The fourth-order valence-corrected chi connectivity index (χ4v) is 4.72. The summed E-state index contributed by atoms with van der Waals surface area (Å²) in [4.78, 5) is 35.3. The van der Waals surface area contributed by atoms with Gasteiger partial charge < -0.3 is 9.88 Å². The van der Waals surface area contributed by atoms with Crippen LogP contribution < -0.4 is 5.56 Å². The standard InChI is InChI=1S/C18H23N3O2S2/c1-11-9-13(15-5-4-8-25-15)10-21(11)16(22)7-6-14-12(2)19-18(24-3)20-17(14)23/h4-5,8,11,13H,6-7,9-10H2,1-3H3,(H,19,20,23). The summed E-state index contributed by atoms with van der Waals surface area (Å²) in [6.45, 7) is 4.72. The van der Waals surface area contributed by atoms with E-state index in [0.29, 0.717) is 35.2 Å². The van der Waals surface area contributed by atoms with Crippen LogP contribution in [0.3, 0.4) is 0 Å². The molecule has 1 aliphatic heterocycles. The molecule has 3 rings (SSSR count). The number of aromatic amines is 1. The summed E-state index contributed by atoms with van der Waals surface area (Å²) in [5.74, 6) is 0.561. The largest absolute Gasteiger partial charge is 0.339 e. The van der Waals surface area contributed by atoms with Crippen LogP contribution in [0.1, 0.15) is 41.8 Å². The number of aryl methyl sites for hydroxylation is 1. The van der Waals surface area contributed by atoms with Gasteiger partial charge in [-0.1, -0.05) is 17.8 Å². The molecule has 1 amide bonds. The number of thioether (sulfide) groups is 1. The van der Waals surface area contributed by atoms with Crippen LogP contribution >= 0.6 is 23.1 Å². The Labute approximate surface area is 155 Å². The van der Waals surface area contributed by atoms with Crippen molar-refractivity contribution in [2.24, 2.45) is 0 Å². The highest BCUT2D eigenvalue weighted by Gasteiger charge is 2.33. The number of carbonyl (C=O) groups excluding carboxylic acids is 1. The molecule has 0 aliphatic carbocycles. The van der Waals surface area contributed by atoms with Gasteiger partial charge in [-0.25, -0.2) is 4.98 Å². The number of thiophene rings is 1. The number of likely N-dealkylation sites (tertiary alicyclic amines) is 1. The second kappa shape index (κ2) is 7.74. The van der Waals surface area contributed by atoms with E-state index in [9.17, 15) is 9.59 Å². The second-order valence-electron chi connectivity index (χ2n) is 6.48. The normalized spacial score (nSPS) is 20.2. The van der Waals surface area contributed by atoms with Crippen LogP contribution in [0.2, 0.25) is 0 Å². The van der Waals surface area contributed by atoms with E-state index < -0.39 is 0 Å². The lowest BCUT2D eigenvalue weighted by atomic mass is 10.1. The molecule has 2 aromatic rings. The first-order valence-corrected chi connectivity index (χ1v) is 10.6. The van der Waals surface area contributed by atoms with Gasteiger partial charge >= 0.3 is 0 Å². The molecule has 134 valence electrons. The average Bonchev–Trinajstić information content (AvgIpc) is 3.23. The highest BCUT2D eigenvalue weighted by Crippen LogP contribution is 2.34. The first kappa shape index (κ1) is 18.2. The van der Waals surface area contributed by atoms with Gasteiger partial charge in [0.2, 0.25) is 5.91 Å². The van der Waals surface area contributed by atoms with Crippen LogP contribution in [0.4, 0.5) is 0 Å². The lowest BCUT2D eigenvalue weighted by Crippen LogP contribution is -2.34. The molecular weight excluding hydrogens is 354 g/mol. The van der Waals surface area contributed by atoms with Crippen LogP contribution in [0.25, 0.3) is 0 Å². The maximum Gasteiger partial charge on any atom is 0.254 e. The first-order chi connectivity index (χ1) is 12.0. The van der Waals surface area contributed by atoms with Crippen molar-refractivity contribution in [1.29, 1.82) is 0 Å². The number of nitrogens with one attached hydrogen (secondary N) is 1. The molecule has 7 heteroatoms. The topological polar surface area (TPSA) is 66.1 Å². The summed E-state index contributed by atoms with van der Waals surface area (Å²) in [6.07, 6.45) is 3.68. The first-order valence-electron chi connectivity index (χ1n) is 8.46. The maximum atomic E-state index is 12.7. The van der Waals surface area contributed by atoms with Crippen LogP contribution in [-0.2, 0) is 11.2 Å². The Morgan fingerprint density at radius 3 is 2.96 bits per heavy atom. The van der Waals surface area contributed by atoms with Crippen molar-refractivity contribution >= 4 is 29.0 Å². The van der Waals surface area contributed by atoms with Gasteiger partial charge in [-0.05, 0) is 44.4 Å². The van der Waals surface area contributed by atoms with Crippen LogP contribution in [0.5, 0.6) is 0 Å². The van der Waals surface area contributed by atoms with E-state index in [1.165, 1.54) is 16.6 Å². The zero-order valence-corrected chi connectivity index (χ0v) is 16.4. The van der Waals surface area contributed by atoms with Crippen LogP contribution in [0, 0.1) is 6.92 Å². The third-order valence-electron chi connectivity index (χ3n) is 4.82. The third kappa shape index (κ3) is 3.98. The Bertz CT molecular complexity index is 801. The molecule has 1 saturated heterocycles. The van der Waals surface area contributed by atoms with Gasteiger partial charge in [0.1, 0.15) is 0 Å². The van der Waals surface area contributed by atoms with Gasteiger partial charge in [0.25, 0.3) is 5.56 Å². The Balaban J connectivity index is 1.64. The van der Waals surface area contributed by atoms with Crippen molar-refractivity contribution in [3.8, 4) is 0 Å². The minimum absolute atomic E-state index is 0.124. The Morgan fingerprint density at radius 2 is 2.32 bits per heavy atom. The Hall–Kier alpha value is -1.60. The van der Waals surface area contributed by atoms with E-state index in [-0.39, 0.29) is 17.5 Å². The lowest BCUT2D eigenvalue weighted by Gasteiger charge is -2.21. The number of rotatable bonds is 5. The number of nitrogens with zero attached hydrogens (tertiary/aromatic N) is 2. The van der Waals surface area contributed by atoms with Gasteiger partial charge in [0, 0.05) is 41.1 Å². The van der Waals surface area contributed by atoms with E-state index in [1.807, 2.05) is 18.1 Å². The van der Waals surface area contributed by atoms with Crippen molar-refractivity contribution in [2.45, 2.75) is 50.2 Å². The fraction of sp³-hybridized carbons (Fsp3) is 0.500. The number of hydrogen-bond acceptors (Lipinski definition) is 5. The summed E-state index contributed by atoms with van der Waals surface area (Å²) >= 11 is 3.17. The molecule has 0 bridgehead atoms. The molecule has 1 aliphatic rings. The number of H-pyrrole nitrogens is 1. The average molecular weight is 378 g/mol. The van der Waals surface area contributed by atoms with Gasteiger partial charge in [0.15, 0.2) is 5.16 Å². The molecule has 1 N–H and O–H groups in total. The van der Waals surface area contributed by atoms with Gasteiger partial charge in [-0.15, -0.1) is 11.3 Å². The molecule has 1 fully saturated rings. The number of carbonyl (C=O) groups is 1. The van der Waals surface area contributed by atoms with Crippen molar-refractivity contribution in [2.75, 3.05) is 12.8 Å². The molecule has 0 spiro atoms. The summed E-state index contributed by atoms with van der Waals surface area (Å²) in [5.41, 5.74) is 1.20. The minimum Gasteiger partial charge on any atom is -0.339 e. The van der Waals surface area contributed by atoms with Gasteiger partial charge in [0.05, 0.1) is 0 Å². The predicted molar refractivity (Wildman–Crippen MR) is 103 cm³/mol.